The molecule has 3 rings (SSSR count). The van der Waals surface area contributed by atoms with E-state index in [1.165, 1.54) is 0 Å². The Morgan fingerprint density at radius 3 is 2.44 bits per heavy atom. The number of carbonyl (C=O) groups is 2. The van der Waals surface area contributed by atoms with E-state index in [0.29, 0.717) is 38.1 Å². The van der Waals surface area contributed by atoms with Crippen LogP contribution in [0, 0.1) is 0 Å². The lowest BCUT2D eigenvalue weighted by Crippen LogP contribution is -2.37. The number of nitrogens with one attached hydrogen (secondary N) is 1. The van der Waals surface area contributed by atoms with Gasteiger partial charge in [0.25, 0.3) is 0 Å². The second-order valence-corrected chi connectivity index (χ2v) is 6.27. The quantitative estimate of drug-likeness (QED) is 0.762. The van der Waals surface area contributed by atoms with Gasteiger partial charge in [0, 0.05) is 25.1 Å². The molecule has 0 spiro atoms. The number of rotatable bonds is 7. The lowest BCUT2D eigenvalue weighted by molar-refractivity contribution is -0.121. The Labute approximate surface area is 165 Å². The number of carbonyl (C=O) groups excluding carboxylic acids is 2. The number of amides is 2. The standard InChI is InChI=1S/C20H23N3O3.ClH/c21-12-4-7-19(24)22-15-13-20(25)23(14-15)16-8-10-18(11-9-16)26-17-5-2-1-3-6-17;/h1-3,5-6,8-11,15H,4,7,12-14,21H2,(H,22,24);1H. The van der Waals surface area contributed by atoms with E-state index < -0.39 is 0 Å². The van der Waals surface area contributed by atoms with Crippen molar-refractivity contribution in [3.8, 4) is 11.5 Å². The molecule has 2 amide bonds. The maximum absolute atomic E-state index is 12.3. The first-order valence-corrected chi connectivity index (χ1v) is 8.78. The van der Waals surface area contributed by atoms with E-state index in [2.05, 4.69) is 5.32 Å². The Balaban J connectivity index is 0.00000261. The number of hydrogen-bond donors (Lipinski definition) is 2. The summed E-state index contributed by atoms with van der Waals surface area (Å²) in [6.45, 7) is 0.965. The van der Waals surface area contributed by atoms with Crippen molar-refractivity contribution in [1.29, 1.82) is 0 Å². The Hall–Kier alpha value is -2.57. The predicted molar refractivity (Wildman–Crippen MR) is 107 cm³/mol. The van der Waals surface area contributed by atoms with Crippen LogP contribution in [0.1, 0.15) is 19.3 Å². The van der Waals surface area contributed by atoms with E-state index in [9.17, 15) is 9.59 Å². The largest absolute Gasteiger partial charge is 0.457 e. The van der Waals surface area contributed by atoms with Gasteiger partial charge in [0.2, 0.25) is 11.8 Å². The van der Waals surface area contributed by atoms with Gasteiger partial charge in [-0.25, -0.2) is 0 Å². The average molecular weight is 390 g/mol. The highest BCUT2D eigenvalue weighted by Gasteiger charge is 2.31. The van der Waals surface area contributed by atoms with Crippen molar-refractivity contribution >= 4 is 29.9 Å². The molecule has 1 unspecified atom stereocenters. The molecule has 1 heterocycles. The van der Waals surface area contributed by atoms with Crippen LogP contribution in [0.5, 0.6) is 11.5 Å². The molecule has 1 saturated heterocycles. The Kier molecular flexibility index (Phi) is 7.64. The second-order valence-electron chi connectivity index (χ2n) is 6.27. The number of hydrogen-bond acceptors (Lipinski definition) is 4. The minimum atomic E-state index is -0.159. The van der Waals surface area contributed by atoms with Crippen LogP contribution < -0.4 is 20.7 Å². The maximum atomic E-state index is 12.3. The fourth-order valence-electron chi connectivity index (χ4n) is 2.94. The zero-order valence-corrected chi connectivity index (χ0v) is 15.8. The van der Waals surface area contributed by atoms with E-state index in [1.807, 2.05) is 54.6 Å². The van der Waals surface area contributed by atoms with Crippen molar-refractivity contribution < 1.29 is 14.3 Å². The van der Waals surface area contributed by atoms with Crippen LogP contribution in [-0.4, -0.2) is 30.9 Å². The number of benzene rings is 2. The van der Waals surface area contributed by atoms with Gasteiger partial charge in [-0.3, -0.25) is 9.59 Å². The molecular formula is C20H24ClN3O3. The molecule has 0 bridgehead atoms. The number of nitrogens with two attached hydrogens (primary N) is 1. The highest BCUT2D eigenvalue weighted by Crippen LogP contribution is 2.26. The molecule has 7 heteroatoms. The summed E-state index contributed by atoms with van der Waals surface area (Å²) < 4.78 is 5.76. The zero-order valence-electron chi connectivity index (χ0n) is 15.0. The van der Waals surface area contributed by atoms with Crippen LogP contribution in [-0.2, 0) is 9.59 Å². The molecule has 2 aromatic rings. The highest BCUT2D eigenvalue weighted by atomic mass is 35.5. The summed E-state index contributed by atoms with van der Waals surface area (Å²) in [6.07, 6.45) is 1.36. The average Bonchev–Trinajstić information content (AvgIpc) is 3.01. The molecule has 2 aromatic carbocycles. The molecule has 1 aliphatic rings. The summed E-state index contributed by atoms with van der Waals surface area (Å²) in [6, 6.07) is 16.7. The van der Waals surface area contributed by atoms with Gasteiger partial charge in [0.15, 0.2) is 0 Å². The number of anilines is 1. The van der Waals surface area contributed by atoms with Gasteiger partial charge >= 0.3 is 0 Å². The molecule has 1 aliphatic heterocycles. The van der Waals surface area contributed by atoms with Crippen molar-refractivity contribution in [2.24, 2.45) is 5.73 Å². The van der Waals surface area contributed by atoms with E-state index >= 15 is 0 Å². The van der Waals surface area contributed by atoms with Crippen molar-refractivity contribution in [2.45, 2.75) is 25.3 Å². The van der Waals surface area contributed by atoms with Gasteiger partial charge in [0.05, 0.1) is 6.04 Å². The lowest BCUT2D eigenvalue weighted by atomic mass is 10.2. The molecule has 1 fully saturated rings. The van der Waals surface area contributed by atoms with Crippen LogP contribution in [0.3, 0.4) is 0 Å². The fraction of sp³-hybridized carbons (Fsp3) is 0.300. The van der Waals surface area contributed by atoms with Crippen molar-refractivity contribution in [1.82, 2.24) is 5.32 Å². The van der Waals surface area contributed by atoms with Crippen LogP contribution >= 0.6 is 12.4 Å². The van der Waals surface area contributed by atoms with Crippen molar-refractivity contribution in [2.75, 3.05) is 18.0 Å². The number of ether oxygens (including phenoxy) is 1. The molecule has 0 aliphatic carbocycles. The third kappa shape index (κ3) is 5.70. The predicted octanol–water partition coefficient (Wildman–Crippen LogP) is 2.86. The second kappa shape index (κ2) is 9.94. The summed E-state index contributed by atoms with van der Waals surface area (Å²) in [5.41, 5.74) is 6.21. The van der Waals surface area contributed by atoms with E-state index in [-0.39, 0.29) is 30.3 Å². The molecule has 144 valence electrons. The van der Waals surface area contributed by atoms with E-state index in [4.69, 9.17) is 10.5 Å². The summed E-state index contributed by atoms with van der Waals surface area (Å²) in [5, 5.41) is 2.91. The number of halogens is 1. The lowest BCUT2D eigenvalue weighted by Gasteiger charge is -2.18. The Morgan fingerprint density at radius 1 is 1.11 bits per heavy atom. The maximum Gasteiger partial charge on any atom is 0.229 e. The summed E-state index contributed by atoms with van der Waals surface area (Å²) in [5.74, 6) is 1.42. The van der Waals surface area contributed by atoms with Crippen LogP contribution in [0.4, 0.5) is 5.69 Å². The third-order valence-corrected chi connectivity index (χ3v) is 4.23. The smallest absolute Gasteiger partial charge is 0.229 e. The van der Waals surface area contributed by atoms with Crippen LogP contribution in [0.15, 0.2) is 54.6 Å². The van der Waals surface area contributed by atoms with E-state index in [1.54, 1.807) is 4.90 Å². The summed E-state index contributed by atoms with van der Waals surface area (Å²) >= 11 is 0. The minimum Gasteiger partial charge on any atom is -0.457 e. The monoisotopic (exact) mass is 389 g/mol. The van der Waals surface area contributed by atoms with Crippen molar-refractivity contribution in [3.05, 3.63) is 54.6 Å². The summed E-state index contributed by atoms with van der Waals surface area (Å²) in [4.78, 5) is 25.8. The first kappa shape index (κ1) is 20.7. The molecule has 0 saturated carbocycles. The highest BCUT2D eigenvalue weighted by molar-refractivity contribution is 5.96. The zero-order chi connectivity index (χ0) is 18.4. The fourth-order valence-corrected chi connectivity index (χ4v) is 2.94. The molecule has 6 nitrogen and oxygen atoms in total. The van der Waals surface area contributed by atoms with E-state index in [0.717, 1.165) is 11.4 Å². The Morgan fingerprint density at radius 2 is 1.78 bits per heavy atom. The van der Waals surface area contributed by atoms with Gasteiger partial charge in [0.1, 0.15) is 11.5 Å². The summed E-state index contributed by atoms with van der Waals surface area (Å²) in [7, 11) is 0. The Bertz CT molecular complexity index is 753. The first-order valence-electron chi connectivity index (χ1n) is 8.78. The van der Waals surface area contributed by atoms with Gasteiger partial charge < -0.3 is 20.7 Å². The topological polar surface area (TPSA) is 84.7 Å². The number of nitrogens with zero attached hydrogens (tertiary/aromatic N) is 1. The molecule has 0 aromatic heterocycles. The SMILES string of the molecule is Cl.NCCCC(=O)NC1CC(=O)N(c2ccc(Oc3ccccc3)cc2)C1. The number of para-hydroxylation sites is 1. The third-order valence-electron chi connectivity index (χ3n) is 4.23. The molecule has 1 atom stereocenters. The minimum absolute atomic E-state index is 0. The normalized spacial score (nSPS) is 16.0. The van der Waals surface area contributed by atoms with Gasteiger partial charge in [-0.15, -0.1) is 12.4 Å². The van der Waals surface area contributed by atoms with Gasteiger partial charge in [-0.05, 0) is 49.4 Å². The molecule has 3 N–H and O–H groups in total. The van der Waals surface area contributed by atoms with Crippen LogP contribution in [0.25, 0.3) is 0 Å². The van der Waals surface area contributed by atoms with Crippen molar-refractivity contribution in [3.63, 3.8) is 0 Å². The molecule has 0 radical (unpaired) electrons. The van der Waals surface area contributed by atoms with Gasteiger partial charge in [-0.2, -0.15) is 0 Å². The molecular weight excluding hydrogens is 366 g/mol. The van der Waals surface area contributed by atoms with Gasteiger partial charge in [-0.1, -0.05) is 18.2 Å². The first-order chi connectivity index (χ1) is 12.7. The molecule has 27 heavy (non-hydrogen) atoms. The van der Waals surface area contributed by atoms with Crippen LogP contribution in [0.2, 0.25) is 0 Å².